The zero-order chi connectivity index (χ0) is 20.3. The number of Topliss-reactive ketones (excluding diaryl/α,β-unsaturated/α-hetero) is 1. The summed E-state index contributed by atoms with van der Waals surface area (Å²) in [6, 6.07) is 10.3. The Labute approximate surface area is 161 Å². The van der Waals surface area contributed by atoms with Gasteiger partial charge in [-0.15, -0.1) is 0 Å². The third kappa shape index (κ3) is 4.03. The number of carboxylic acids is 1. The summed E-state index contributed by atoms with van der Waals surface area (Å²) >= 11 is 0. The van der Waals surface area contributed by atoms with Crippen LogP contribution in [0.2, 0.25) is 0 Å². The normalized spacial score (nSPS) is 15.6. The van der Waals surface area contributed by atoms with Crippen LogP contribution in [0, 0.1) is 5.82 Å². The van der Waals surface area contributed by atoms with Gasteiger partial charge in [-0.3, -0.25) is 9.59 Å². The van der Waals surface area contributed by atoms with E-state index in [1.165, 1.54) is 24.1 Å². The lowest BCUT2D eigenvalue weighted by molar-refractivity contribution is -0.151. The maximum atomic E-state index is 13.8. The average Bonchev–Trinajstić information content (AvgIpc) is 2.70. The van der Waals surface area contributed by atoms with E-state index in [0.717, 1.165) is 17.2 Å². The number of hydrogen-bond donors (Lipinski definition) is 1. The van der Waals surface area contributed by atoms with E-state index in [0.29, 0.717) is 0 Å². The molecule has 0 saturated carbocycles. The number of carboxylic acid groups (broad SMARTS) is 1. The molecule has 3 rings (SSSR count). The van der Waals surface area contributed by atoms with Crippen LogP contribution in [0.1, 0.15) is 34.3 Å². The van der Waals surface area contributed by atoms with Gasteiger partial charge in [0.05, 0.1) is 7.11 Å². The van der Waals surface area contributed by atoms with Crippen LogP contribution in [-0.2, 0) is 22.6 Å². The zero-order valence-corrected chi connectivity index (χ0v) is 15.4. The van der Waals surface area contributed by atoms with Crippen LogP contribution < -0.4 is 4.74 Å². The van der Waals surface area contributed by atoms with Gasteiger partial charge in [0.25, 0.3) is 0 Å². The Kier molecular flexibility index (Phi) is 5.73. The van der Waals surface area contributed by atoms with Crippen LogP contribution in [-0.4, -0.2) is 40.8 Å². The minimum Gasteiger partial charge on any atom is -0.494 e. The van der Waals surface area contributed by atoms with Crippen LogP contribution in [0.3, 0.4) is 0 Å². The molecule has 6 nitrogen and oxygen atoms in total. The summed E-state index contributed by atoms with van der Waals surface area (Å²) in [6.45, 7) is 0.192. The number of methoxy groups -OCH3 is 1. The van der Waals surface area contributed by atoms with Gasteiger partial charge in [-0.25, -0.2) is 9.18 Å². The van der Waals surface area contributed by atoms with Crippen molar-refractivity contribution in [2.75, 3.05) is 7.11 Å². The number of halogens is 1. The minimum absolute atomic E-state index is 0.0314. The molecule has 0 aromatic heterocycles. The Morgan fingerprint density at radius 3 is 2.50 bits per heavy atom. The fourth-order valence-corrected chi connectivity index (χ4v) is 3.35. The van der Waals surface area contributed by atoms with Crippen molar-refractivity contribution in [2.24, 2.45) is 0 Å². The molecule has 1 aliphatic heterocycles. The first-order chi connectivity index (χ1) is 13.4. The molecule has 0 saturated heterocycles. The number of hydrogen-bond acceptors (Lipinski definition) is 4. The summed E-state index contributed by atoms with van der Waals surface area (Å²) in [6.07, 6.45) is -0.0393. The van der Waals surface area contributed by atoms with Crippen molar-refractivity contribution in [3.63, 3.8) is 0 Å². The second-order valence-electron chi connectivity index (χ2n) is 6.62. The molecular formula is C21H20FNO5. The molecule has 1 unspecified atom stereocenters. The van der Waals surface area contributed by atoms with E-state index in [1.807, 2.05) is 24.3 Å². The molecule has 1 aliphatic rings. The van der Waals surface area contributed by atoms with E-state index >= 15 is 0 Å². The number of carbonyl (C=O) groups excluding carboxylic acids is 2. The number of nitrogens with zero attached hydrogens (tertiary/aromatic N) is 1. The fourth-order valence-electron chi connectivity index (χ4n) is 3.35. The molecule has 0 fully saturated rings. The lowest BCUT2D eigenvalue weighted by Crippen LogP contribution is -2.48. The third-order valence-corrected chi connectivity index (χ3v) is 4.89. The number of fused-ring (bicyclic) bond motifs is 1. The van der Waals surface area contributed by atoms with Crippen molar-refractivity contribution in [3.05, 3.63) is 65.0 Å². The van der Waals surface area contributed by atoms with Gasteiger partial charge in [-0.05, 0) is 29.3 Å². The molecule has 7 heteroatoms. The highest BCUT2D eigenvalue weighted by Crippen LogP contribution is 2.25. The average molecular weight is 385 g/mol. The molecule has 1 N–H and O–H groups in total. The molecular weight excluding hydrogens is 365 g/mol. The maximum absolute atomic E-state index is 13.8. The number of carbonyl (C=O) groups is 3. The fraction of sp³-hybridized carbons (Fsp3) is 0.286. The van der Waals surface area contributed by atoms with Gasteiger partial charge in [0, 0.05) is 31.4 Å². The Hall–Kier alpha value is -3.22. The summed E-state index contributed by atoms with van der Waals surface area (Å²) in [5.41, 5.74) is 1.95. The summed E-state index contributed by atoms with van der Waals surface area (Å²) in [4.78, 5) is 37.9. The molecule has 2 aromatic rings. The number of benzene rings is 2. The van der Waals surface area contributed by atoms with E-state index < -0.39 is 23.7 Å². The SMILES string of the molecule is COc1ccc(C(=O)CCC(=O)N2Cc3ccccc3CC2C(=O)O)cc1F. The monoisotopic (exact) mass is 385 g/mol. The van der Waals surface area contributed by atoms with Gasteiger partial charge < -0.3 is 14.7 Å². The van der Waals surface area contributed by atoms with Crippen molar-refractivity contribution in [3.8, 4) is 5.75 Å². The van der Waals surface area contributed by atoms with Crippen molar-refractivity contribution >= 4 is 17.7 Å². The number of rotatable bonds is 6. The molecule has 146 valence electrons. The predicted octanol–water partition coefficient (Wildman–Crippen LogP) is 2.84. The quantitative estimate of drug-likeness (QED) is 0.773. The first-order valence-electron chi connectivity index (χ1n) is 8.86. The van der Waals surface area contributed by atoms with E-state index in [4.69, 9.17) is 4.74 Å². The maximum Gasteiger partial charge on any atom is 0.326 e. The minimum atomic E-state index is -1.08. The first-order valence-corrected chi connectivity index (χ1v) is 8.86. The molecule has 1 amide bonds. The lowest BCUT2D eigenvalue weighted by Gasteiger charge is -2.34. The number of ether oxygens (including phenoxy) is 1. The van der Waals surface area contributed by atoms with Crippen LogP contribution in [0.25, 0.3) is 0 Å². The number of ketones is 1. The molecule has 2 aromatic carbocycles. The van der Waals surface area contributed by atoms with Crippen molar-refractivity contribution in [1.82, 2.24) is 4.90 Å². The summed E-state index contributed by atoms with van der Waals surface area (Å²) in [7, 11) is 1.33. The van der Waals surface area contributed by atoms with Crippen molar-refractivity contribution in [1.29, 1.82) is 0 Å². The van der Waals surface area contributed by atoms with Gasteiger partial charge in [0.2, 0.25) is 5.91 Å². The zero-order valence-electron chi connectivity index (χ0n) is 15.4. The standard InChI is InChI=1S/C21H20FNO5/c1-28-19-8-6-14(10-16(19)22)18(24)7-9-20(25)23-12-15-5-3-2-4-13(15)11-17(23)21(26)27/h2-6,8,10,17H,7,9,11-12H2,1H3,(H,26,27). The van der Waals surface area contributed by atoms with E-state index in [1.54, 1.807) is 0 Å². The van der Waals surface area contributed by atoms with E-state index in [2.05, 4.69) is 0 Å². The van der Waals surface area contributed by atoms with Crippen molar-refractivity contribution in [2.45, 2.75) is 31.8 Å². The highest BCUT2D eigenvalue weighted by atomic mass is 19.1. The van der Waals surface area contributed by atoms with Gasteiger partial charge >= 0.3 is 5.97 Å². The summed E-state index contributed by atoms with van der Waals surface area (Å²) in [5.74, 6) is -2.50. The Bertz CT molecular complexity index is 927. The molecule has 0 spiro atoms. The number of amides is 1. The molecule has 0 aliphatic carbocycles. The molecule has 0 radical (unpaired) electrons. The van der Waals surface area contributed by atoms with Crippen LogP contribution >= 0.6 is 0 Å². The largest absolute Gasteiger partial charge is 0.494 e. The van der Waals surface area contributed by atoms with Gasteiger partial charge in [-0.1, -0.05) is 24.3 Å². The van der Waals surface area contributed by atoms with E-state index in [9.17, 15) is 23.9 Å². The summed E-state index contributed by atoms with van der Waals surface area (Å²) in [5, 5.41) is 9.50. The van der Waals surface area contributed by atoms with Gasteiger partial charge in [-0.2, -0.15) is 0 Å². The van der Waals surface area contributed by atoms with Crippen LogP contribution in [0.5, 0.6) is 5.75 Å². The van der Waals surface area contributed by atoms with Crippen molar-refractivity contribution < 1.29 is 28.6 Å². The molecule has 1 atom stereocenters. The second kappa shape index (κ2) is 8.21. The van der Waals surface area contributed by atoms with Gasteiger partial charge in [0.1, 0.15) is 6.04 Å². The molecule has 28 heavy (non-hydrogen) atoms. The smallest absolute Gasteiger partial charge is 0.326 e. The summed E-state index contributed by atoms with van der Waals surface area (Å²) < 4.78 is 18.6. The first kappa shape index (κ1) is 19.5. The Balaban J connectivity index is 1.69. The topological polar surface area (TPSA) is 83.9 Å². The highest BCUT2D eigenvalue weighted by molar-refractivity contribution is 5.98. The van der Waals surface area contributed by atoms with E-state index in [-0.39, 0.29) is 42.9 Å². The molecule has 0 bridgehead atoms. The Morgan fingerprint density at radius 1 is 1.14 bits per heavy atom. The second-order valence-corrected chi connectivity index (χ2v) is 6.62. The highest BCUT2D eigenvalue weighted by Gasteiger charge is 2.34. The third-order valence-electron chi connectivity index (χ3n) is 4.89. The Morgan fingerprint density at radius 2 is 1.86 bits per heavy atom. The van der Waals surface area contributed by atoms with Crippen LogP contribution in [0.15, 0.2) is 42.5 Å². The lowest BCUT2D eigenvalue weighted by atomic mass is 9.93. The molecule has 1 heterocycles. The van der Waals surface area contributed by atoms with Crippen LogP contribution in [0.4, 0.5) is 4.39 Å². The predicted molar refractivity (Wildman–Crippen MR) is 98.6 cm³/mol. The number of aliphatic carboxylic acids is 1. The van der Waals surface area contributed by atoms with Gasteiger partial charge in [0.15, 0.2) is 17.3 Å².